The van der Waals surface area contributed by atoms with Crippen molar-refractivity contribution < 1.29 is 0 Å². The number of nitrogens with zero attached hydrogens (tertiary/aromatic N) is 7. The van der Waals surface area contributed by atoms with Crippen LogP contribution >= 0.6 is 0 Å². The van der Waals surface area contributed by atoms with Crippen LogP contribution < -0.4 is 5.32 Å². The Kier molecular flexibility index (Phi) is 4.08. The van der Waals surface area contributed by atoms with Crippen LogP contribution in [0.4, 0.5) is 5.82 Å². The topological polar surface area (TPSA) is 86.3 Å². The summed E-state index contributed by atoms with van der Waals surface area (Å²) < 4.78 is 3.64. The van der Waals surface area contributed by atoms with E-state index in [0.717, 1.165) is 34.5 Å². The molecule has 132 valence electrons. The summed E-state index contributed by atoms with van der Waals surface area (Å²) in [6, 6.07) is 5.93. The molecule has 1 unspecified atom stereocenters. The molecule has 0 aliphatic heterocycles. The molecule has 4 aromatic heterocycles. The fraction of sp³-hybridized carbons (Fsp3) is 0.278. The second-order valence-corrected chi connectivity index (χ2v) is 6.13. The van der Waals surface area contributed by atoms with Crippen molar-refractivity contribution in [2.24, 2.45) is 14.1 Å². The molecule has 0 amide bonds. The van der Waals surface area contributed by atoms with Gasteiger partial charge in [-0.15, -0.1) is 0 Å². The Morgan fingerprint density at radius 1 is 1.04 bits per heavy atom. The van der Waals surface area contributed by atoms with E-state index in [0.29, 0.717) is 5.82 Å². The zero-order chi connectivity index (χ0) is 18.1. The van der Waals surface area contributed by atoms with Crippen LogP contribution in [0, 0.1) is 0 Å². The first-order valence-electron chi connectivity index (χ1n) is 8.52. The Balaban J connectivity index is 1.82. The SMILES string of the molecule is CCC(Nc1nc(-c2cccnc2)nc2c1cnn2C)c1ccnn1C. The fourth-order valence-corrected chi connectivity index (χ4v) is 3.03. The van der Waals surface area contributed by atoms with Crippen LogP contribution in [0.25, 0.3) is 22.4 Å². The zero-order valence-corrected chi connectivity index (χ0v) is 15.0. The zero-order valence-electron chi connectivity index (χ0n) is 15.0. The third-order valence-corrected chi connectivity index (χ3v) is 4.45. The normalized spacial score (nSPS) is 12.4. The van der Waals surface area contributed by atoms with Gasteiger partial charge in [0, 0.05) is 38.2 Å². The predicted octanol–water partition coefficient (Wildman–Crippen LogP) is 2.72. The lowest BCUT2D eigenvalue weighted by Crippen LogP contribution is -2.15. The number of rotatable bonds is 5. The number of hydrogen-bond donors (Lipinski definition) is 1. The molecular formula is C18H20N8. The highest BCUT2D eigenvalue weighted by Gasteiger charge is 2.18. The summed E-state index contributed by atoms with van der Waals surface area (Å²) in [5.41, 5.74) is 2.75. The van der Waals surface area contributed by atoms with Crippen molar-refractivity contribution in [2.45, 2.75) is 19.4 Å². The molecule has 0 saturated carbocycles. The first-order valence-corrected chi connectivity index (χ1v) is 8.52. The number of nitrogens with one attached hydrogen (secondary N) is 1. The van der Waals surface area contributed by atoms with Gasteiger partial charge in [0.15, 0.2) is 11.5 Å². The minimum absolute atomic E-state index is 0.0857. The maximum atomic E-state index is 4.77. The Bertz CT molecular complexity index is 1030. The first-order chi connectivity index (χ1) is 12.7. The molecule has 0 spiro atoms. The van der Waals surface area contributed by atoms with Gasteiger partial charge in [-0.25, -0.2) is 9.97 Å². The summed E-state index contributed by atoms with van der Waals surface area (Å²) in [4.78, 5) is 13.6. The van der Waals surface area contributed by atoms with E-state index in [9.17, 15) is 0 Å². The quantitative estimate of drug-likeness (QED) is 0.597. The standard InChI is InChI=1S/C18H20N8/c1-4-14(15-7-9-20-25(15)2)22-17-13-11-21-26(3)18(13)24-16(23-17)12-6-5-8-19-10-12/h5-11,14H,4H2,1-3H3,(H,22,23,24). The van der Waals surface area contributed by atoms with Gasteiger partial charge in [-0.3, -0.25) is 14.3 Å². The lowest BCUT2D eigenvalue weighted by atomic mass is 10.1. The van der Waals surface area contributed by atoms with Crippen molar-refractivity contribution in [2.75, 3.05) is 5.32 Å². The average molecular weight is 348 g/mol. The maximum Gasteiger partial charge on any atom is 0.165 e. The molecule has 0 aromatic carbocycles. The van der Waals surface area contributed by atoms with Crippen LogP contribution in [0.5, 0.6) is 0 Å². The van der Waals surface area contributed by atoms with E-state index in [1.54, 1.807) is 29.5 Å². The van der Waals surface area contributed by atoms with Crippen LogP contribution in [0.2, 0.25) is 0 Å². The van der Waals surface area contributed by atoms with Crippen molar-refractivity contribution in [3.8, 4) is 11.4 Å². The minimum atomic E-state index is 0.0857. The van der Waals surface area contributed by atoms with Crippen LogP contribution in [-0.4, -0.2) is 34.5 Å². The summed E-state index contributed by atoms with van der Waals surface area (Å²) in [5, 5.41) is 13.1. The number of aryl methyl sites for hydroxylation is 2. The summed E-state index contributed by atoms with van der Waals surface area (Å²) in [6.07, 6.45) is 8.00. The number of aromatic nitrogens is 7. The molecule has 0 aliphatic rings. The molecule has 0 bridgehead atoms. The largest absolute Gasteiger partial charge is 0.361 e. The Hall–Kier alpha value is -3.29. The molecule has 1 atom stereocenters. The van der Waals surface area contributed by atoms with Gasteiger partial charge < -0.3 is 5.32 Å². The highest BCUT2D eigenvalue weighted by Crippen LogP contribution is 2.28. The highest BCUT2D eigenvalue weighted by atomic mass is 15.3. The van der Waals surface area contributed by atoms with Gasteiger partial charge in [-0.2, -0.15) is 10.2 Å². The van der Waals surface area contributed by atoms with E-state index < -0.39 is 0 Å². The lowest BCUT2D eigenvalue weighted by Gasteiger charge is -2.19. The van der Waals surface area contributed by atoms with Gasteiger partial charge in [0.2, 0.25) is 0 Å². The third kappa shape index (κ3) is 2.79. The molecule has 8 heteroatoms. The second kappa shape index (κ2) is 6.55. The second-order valence-electron chi connectivity index (χ2n) is 6.13. The third-order valence-electron chi connectivity index (χ3n) is 4.45. The molecule has 0 saturated heterocycles. The number of fused-ring (bicyclic) bond motifs is 1. The van der Waals surface area contributed by atoms with E-state index in [4.69, 9.17) is 4.98 Å². The number of anilines is 1. The number of pyridine rings is 1. The molecule has 8 nitrogen and oxygen atoms in total. The number of hydrogen-bond acceptors (Lipinski definition) is 6. The van der Waals surface area contributed by atoms with Gasteiger partial charge in [0.1, 0.15) is 5.82 Å². The van der Waals surface area contributed by atoms with Gasteiger partial charge in [-0.05, 0) is 24.6 Å². The van der Waals surface area contributed by atoms with E-state index in [-0.39, 0.29) is 6.04 Å². The molecule has 0 radical (unpaired) electrons. The Morgan fingerprint density at radius 3 is 2.62 bits per heavy atom. The summed E-state index contributed by atoms with van der Waals surface area (Å²) in [7, 11) is 3.82. The maximum absolute atomic E-state index is 4.77. The molecule has 1 N–H and O–H groups in total. The average Bonchev–Trinajstić information content (AvgIpc) is 3.26. The van der Waals surface area contributed by atoms with Gasteiger partial charge >= 0.3 is 0 Å². The summed E-state index contributed by atoms with van der Waals surface area (Å²) in [5.74, 6) is 1.38. The van der Waals surface area contributed by atoms with Crippen LogP contribution in [-0.2, 0) is 14.1 Å². The minimum Gasteiger partial charge on any atom is -0.361 e. The summed E-state index contributed by atoms with van der Waals surface area (Å²) in [6.45, 7) is 2.13. The monoisotopic (exact) mass is 348 g/mol. The first kappa shape index (κ1) is 16.2. The molecule has 4 aromatic rings. The van der Waals surface area contributed by atoms with Crippen LogP contribution in [0.15, 0.2) is 43.0 Å². The van der Waals surface area contributed by atoms with Crippen molar-refractivity contribution >= 4 is 16.9 Å². The smallest absolute Gasteiger partial charge is 0.165 e. The van der Waals surface area contributed by atoms with Gasteiger partial charge in [0.25, 0.3) is 0 Å². The van der Waals surface area contributed by atoms with Crippen LogP contribution in [0.1, 0.15) is 25.1 Å². The van der Waals surface area contributed by atoms with Crippen molar-refractivity contribution in [1.82, 2.24) is 34.5 Å². The molecular weight excluding hydrogens is 328 g/mol. The lowest BCUT2D eigenvalue weighted by molar-refractivity contribution is 0.632. The molecule has 4 rings (SSSR count). The summed E-state index contributed by atoms with van der Waals surface area (Å²) >= 11 is 0. The van der Waals surface area contributed by atoms with E-state index in [1.807, 2.05) is 37.0 Å². The van der Waals surface area contributed by atoms with Gasteiger partial charge in [0.05, 0.1) is 23.3 Å². The van der Waals surface area contributed by atoms with Crippen molar-refractivity contribution in [3.05, 3.63) is 48.7 Å². The van der Waals surface area contributed by atoms with E-state index in [2.05, 4.69) is 32.4 Å². The van der Waals surface area contributed by atoms with E-state index >= 15 is 0 Å². The predicted molar refractivity (Wildman–Crippen MR) is 99.4 cm³/mol. The Labute approximate surface area is 150 Å². The molecule has 4 heterocycles. The molecule has 26 heavy (non-hydrogen) atoms. The Morgan fingerprint density at radius 2 is 1.92 bits per heavy atom. The van der Waals surface area contributed by atoms with Crippen molar-refractivity contribution in [1.29, 1.82) is 0 Å². The molecule has 0 fully saturated rings. The van der Waals surface area contributed by atoms with E-state index in [1.165, 1.54) is 0 Å². The fourth-order valence-electron chi connectivity index (χ4n) is 3.03. The van der Waals surface area contributed by atoms with Crippen LogP contribution in [0.3, 0.4) is 0 Å². The highest BCUT2D eigenvalue weighted by molar-refractivity contribution is 5.88. The molecule has 0 aliphatic carbocycles. The van der Waals surface area contributed by atoms with Gasteiger partial charge in [-0.1, -0.05) is 6.92 Å². The van der Waals surface area contributed by atoms with Crippen molar-refractivity contribution in [3.63, 3.8) is 0 Å².